The average molecular weight is 266 g/mol. The van der Waals surface area contributed by atoms with Crippen LogP contribution in [0, 0.1) is 5.82 Å². The number of benzene rings is 1. The topological polar surface area (TPSA) is 32.8 Å². The van der Waals surface area contributed by atoms with Gasteiger partial charge in [-0.1, -0.05) is 12.1 Å². The van der Waals surface area contributed by atoms with Gasteiger partial charge in [0, 0.05) is 39.6 Å². The maximum absolute atomic E-state index is 13.3. The van der Waals surface area contributed by atoms with Gasteiger partial charge in [0.25, 0.3) is 0 Å². The minimum atomic E-state index is -0.330. The molecule has 0 unspecified atom stereocenters. The SMILES string of the molecule is CC(=O)N1CCN(CCOc2ccccc2F)CC1. The monoisotopic (exact) mass is 266 g/mol. The van der Waals surface area contributed by atoms with Crippen molar-refractivity contribution in [3.63, 3.8) is 0 Å². The Morgan fingerprint density at radius 1 is 1.26 bits per heavy atom. The van der Waals surface area contributed by atoms with Crippen molar-refractivity contribution in [3.05, 3.63) is 30.1 Å². The molecule has 0 spiro atoms. The van der Waals surface area contributed by atoms with Crippen molar-refractivity contribution in [2.45, 2.75) is 6.92 Å². The van der Waals surface area contributed by atoms with E-state index in [1.165, 1.54) is 6.07 Å². The number of carbonyl (C=O) groups is 1. The first-order valence-electron chi connectivity index (χ1n) is 6.52. The van der Waals surface area contributed by atoms with Gasteiger partial charge in [-0.3, -0.25) is 9.69 Å². The molecular weight excluding hydrogens is 247 g/mol. The third-order valence-electron chi connectivity index (χ3n) is 3.32. The van der Waals surface area contributed by atoms with Crippen molar-refractivity contribution in [2.75, 3.05) is 39.3 Å². The number of piperazine rings is 1. The molecule has 0 bridgehead atoms. The summed E-state index contributed by atoms with van der Waals surface area (Å²) in [6, 6.07) is 6.41. The van der Waals surface area contributed by atoms with E-state index in [-0.39, 0.29) is 11.7 Å². The summed E-state index contributed by atoms with van der Waals surface area (Å²) in [5.74, 6) is 0.0935. The highest BCUT2D eigenvalue weighted by Gasteiger charge is 2.18. The fourth-order valence-electron chi connectivity index (χ4n) is 2.13. The van der Waals surface area contributed by atoms with Crippen LogP contribution in [-0.2, 0) is 4.79 Å². The molecule has 1 amide bonds. The number of amides is 1. The fraction of sp³-hybridized carbons (Fsp3) is 0.500. The highest BCUT2D eigenvalue weighted by Crippen LogP contribution is 2.15. The quantitative estimate of drug-likeness (QED) is 0.825. The third kappa shape index (κ3) is 3.92. The minimum Gasteiger partial charge on any atom is -0.489 e. The van der Waals surface area contributed by atoms with E-state index in [2.05, 4.69) is 4.90 Å². The van der Waals surface area contributed by atoms with E-state index in [4.69, 9.17) is 4.74 Å². The molecule has 104 valence electrons. The van der Waals surface area contributed by atoms with Crippen molar-refractivity contribution < 1.29 is 13.9 Å². The second-order valence-corrected chi connectivity index (χ2v) is 4.63. The molecule has 0 saturated carbocycles. The van der Waals surface area contributed by atoms with E-state index < -0.39 is 0 Å². The number of ether oxygens (including phenoxy) is 1. The van der Waals surface area contributed by atoms with Gasteiger partial charge >= 0.3 is 0 Å². The molecule has 1 aromatic carbocycles. The van der Waals surface area contributed by atoms with Crippen LogP contribution >= 0.6 is 0 Å². The summed E-state index contributed by atoms with van der Waals surface area (Å²) < 4.78 is 18.7. The predicted molar refractivity (Wildman–Crippen MR) is 70.6 cm³/mol. The van der Waals surface area contributed by atoms with Gasteiger partial charge in [-0.05, 0) is 12.1 Å². The molecule has 0 aromatic heterocycles. The Kier molecular flexibility index (Phi) is 4.74. The van der Waals surface area contributed by atoms with Gasteiger partial charge in [0.05, 0.1) is 0 Å². The standard InChI is InChI=1S/C14H19FN2O2/c1-12(18)17-8-6-16(7-9-17)10-11-19-14-5-3-2-4-13(14)15/h2-5H,6-11H2,1H3. The summed E-state index contributed by atoms with van der Waals surface area (Å²) in [6.07, 6.45) is 0. The van der Waals surface area contributed by atoms with Crippen molar-refractivity contribution in [3.8, 4) is 5.75 Å². The largest absolute Gasteiger partial charge is 0.489 e. The van der Waals surface area contributed by atoms with Gasteiger partial charge in [-0.15, -0.1) is 0 Å². The Morgan fingerprint density at radius 3 is 2.58 bits per heavy atom. The average Bonchev–Trinajstić information content (AvgIpc) is 2.41. The molecule has 5 heteroatoms. The zero-order valence-corrected chi connectivity index (χ0v) is 11.1. The molecule has 19 heavy (non-hydrogen) atoms. The number of rotatable bonds is 4. The first-order chi connectivity index (χ1) is 9.16. The highest BCUT2D eigenvalue weighted by molar-refractivity contribution is 5.73. The first kappa shape index (κ1) is 13.8. The van der Waals surface area contributed by atoms with Crippen LogP contribution in [0.1, 0.15) is 6.92 Å². The van der Waals surface area contributed by atoms with Gasteiger partial charge in [0.2, 0.25) is 5.91 Å². The van der Waals surface area contributed by atoms with Crippen LogP contribution in [0.2, 0.25) is 0 Å². The van der Waals surface area contributed by atoms with E-state index in [0.717, 1.165) is 32.7 Å². The van der Waals surface area contributed by atoms with Gasteiger partial charge < -0.3 is 9.64 Å². The molecular formula is C14H19FN2O2. The minimum absolute atomic E-state index is 0.127. The van der Waals surface area contributed by atoms with E-state index in [0.29, 0.717) is 12.4 Å². The maximum Gasteiger partial charge on any atom is 0.219 e. The number of hydrogen-bond donors (Lipinski definition) is 0. The van der Waals surface area contributed by atoms with Crippen LogP contribution < -0.4 is 4.74 Å². The van der Waals surface area contributed by atoms with E-state index >= 15 is 0 Å². The molecule has 1 aliphatic rings. The van der Waals surface area contributed by atoms with Crippen LogP contribution in [0.5, 0.6) is 5.75 Å². The molecule has 0 atom stereocenters. The predicted octanol–water partition coefficient (Wildman–Crippen LogP) is 1.37. The lowest BCUT2D eigenvalue weighted by Gasteiger charge is -2.34. The second kappa shape index (κ2) is 6.52. The number of halogens is 1. The number of carbonyl (C=O) groups excluding carboxylic acids is 1. The number of nitrogens with zero attached hydrogens (tertiary/aromatic N) is 2. The molecule has 2 rings (SSSR count). The van der Waals surface area contributed by atoms with Crippen LogP contribution in [0.25, 0.3) is 0 Å². The van der Waals surface area contributed by atoms with E-state index in [9.17, 15) is 9.18 Å². The summed E-state index contributed by atoms with van der Waals surface area (Å²) in [4.78, 5) is 15.2. The summed E-state index contributed by atoms with van der Waals surface area (Å²) in [6.45, 7) is 6.02. The molecule has 0 radical (unpaired) electrons. The molecule has 1 saturated heterocycles. The van der Waals surface area contributed by atoms with Crippen molar-refractivity contribution >= 4 is 5.91 Å². The Hall–Kier alpha value is -1.62. The number of para-hydroxylation sites is 1. The zero-order chi connectivity index (χ0) is 13.7. The third-order valence-corrected chi connectivity index (χ3v) is 3.32. The Balaban J connectivity index is 1.70. The van der Waals surface area contributed by atoms with Crippen molar-refractivity contribution in [1.82, 2.24) is 9.80 Å². The van der Waals surface area contributed by atoms with Crippen LogP contribution in [0.3, 0.4) is 0 Å². The van der Waals surface area contributed by atoms with E-state index in [1.807, 2.05) is 4.90 Å². The molecule has 1 heterocycles. The summed E-state index contributed by atoms with van der Waals surface area (Å²) in [5, 5.41) is 0. The molecule has 0 aliphatic carbocycles. The molecule has 1 aliphatic heterocycles. The highest BCUT2D eigenvalue weighted by atomic mass is 19.1. The Morgan fingerprint density at radius 2 is 1.95 bits per heavy atom. The van der Waals surface area contributed by atoms with Crippen molar-refractivity contribution in [1.29, 1.82) is 0 Å². The smallest absolute Gasteiger partial charge is 0.219 e. The summed E-state index contributed by atoms with van der Waals surface area (Å²) in [7, 11) is 0. The fourth-order valence-corrected chi connectivity index (χ4v) is 2.13. The molecule has 4 nitrogen and oxygen atoms in total. The van der Waals surface area contributed by atoms with E-state index in [1.54, 1.807) is 25.1 Å². The molecule has 0 N–H and O–H groups in total. The lowest BCUT2D eigenvalue weighted by Crippen LogP contribution is -2.48. The van der Waals surface area contributed by atoms with Crippen LogP contribution in [-0.4, -0.2) is 55.0 Å². The van der Waals surface area contributed by atoms with Gasteiger partial charge in [-0.25, -0.2) is 4.39 Å². The zero-order valence-electron chi connectivity index (χ0n) is 11.1. The van der Waals surface area contributed by atoms with Gasteiger partial charge in [-0.2, -0.15) is 0 Å². The Labute approximate surface area is 112 Å². The second-order valence-electron chi connectivity index (χ2n) is 4.63. The van der Waals surface area contributed by atoms with Crippen molar-refractivity contribution in [2.24, 2.45) is 0 Å². The summed E-state index contributed by atoms with van der Waals surface area (Å²) >= 11 is 0. The lowest BCUT2D eigenvalue weighted by atomic mass is 10.3. The normalized spacial score (nSPS) is 16.4. The Bertz CT molecular complexity index is 431. The molecule has 1 aromatic rings. The van der Waals surface area contributed by atoms with Gasteiger partial charge in [0.1, 0.15) is 6.61 Å². The molecule has 1 fully saturated rings. The summed E-state index contributed by atoms with van der Waals surface area (Å²) in [5.41, 5.74) is 0. The van der Waals surface area contributed by atoms with Gasteiger partial charge in [0.15, 0.2) is 11.6 Å². The maximum atomic E-state index is 13.3. The number of hydrogen-bond acceptors (Lipinski definition) is 3. The van der Waals surface area contributed by atoms with Crippen LogP contribution in [0.15, 0.2) is 24.3 Å². The first-order valence-corrected chi connectivity index (χ1v) is 6.52. The van der Waals surface area contributed by atoms with Crippen LogP contribution in [0.4, 0.5) is 4.39 Å². The lowest BCUT2D eigenvalue weighted by molar-refractivity contribution is -0.130.